The maximum atomic E-state index is 13.2. The minimum atomic E-state index is -3.69. The largest absolute Gasteiger partial charge is 0.362 e. The number of carbonyl (C=O) groups is 1. The van der Waals surface area contributed by atoms with Crippen molar-refractivity contribution >= 4 is 15.9 Å². The Morgan fingerprint density at radius 1 is 1.26 bits per heavy atom. The van der Waals surface area contributed by atoms with Crippen molar-refractivity contribution in [3.63, 3.8) is 0 Å². The number of sulfonamides is 1. The number of nitrogens with one attached hydrogen (secondary N) is 2. The van der Waals surface area contributed by atoms with Crippen molar-refractivity contribution in [3.05, 3.63) is 35.3 Å². The van der Waals surface area contributed by atoms with Crippen LogP contribution in [-0.4, -0.2) is 53.2 Å². The summed E-state index contributed by atoms with van der Waals surface area (Å²) in [5.41, 5.74) is 1.64. The number of aromatic nitrogens is 2. The maximum Gasteiger partial charge on any atom is 0.262 e. The van der Waals surface area contributed by atoms with Gasteiger partial charge in [-0.05, 0) is 39.7 Å². The third-order valence-electron chi connectivity index (χ3n) is 6.74. The molecule has 1 amide bonds. The number of fused-ring (bicyclic) bond motifs is 3. The van der Waals surface area contributed by atoms with Gasteiger partial charge in [0.05, 0.1) is 6.20 Å². The van der Waals surface area contributed by atoms with Crippen LogP contribution in [0.4, 0.5) is 0 Å². The number of carbonyl (C=O) groups excluding carboxylic acids is 1. The van der Waals surface area contributed by atoms with Crippen molar-refractivity contribution in [2.75, 3.05) is 13.1 Å². The van der Waals surface area contributed by atoms with E-state index in [1.165, 1.54) is 4.31 Å². The van der Waals surface area contributed by atoms with Crippen LogP contribution in [0.15, 0.2) is 50.6 Å². The van der Waals surface area contributed by atoms with Crippen LogP contribution in [0, 0.1) is 5.41 Å². The molecule has 10 nitrogen and oxygen atoms in total. The second-order valence-electron chi connectivity index (χ2n) is 9.23. The zero-order valence-electron chi connectivity index (χ0n) is 17.9. The van der Waals surface area contributed by atoms with Crippen LogP contribution in [0.1, 0.15) is 40.0 Å². The van der Waals surface area contributed by atoms with E-state index in [1.54, 1.807) is 23.1 Å². The van der Waals surface area contributed by atoms with Crippen LogP contribution in [0.2, 0.25) is 0 Å². The predicted octanol–water partition coefficient (Wildman–Crippen LogP) is 1.51. The SMILES string of the molecule is CCn1ccc(S(=O)(=O)N2CCC3(CC2)C2=CN=NC2NC2=C3C(=O)NC(C)(C)C2)n1. The Morgan fingerprint density at radius 3 is 2.68 bits per heavy atom. The number of hydrogen-bond acceptors (Lipinski definition) is 7. The quantitative estimate of drug-likeness (QED) is 0.730. The van der Waals surface area contributed by atoms with Crippen LogP contribution >= 0.6 is 0 Å². The van der Waals surface area contributed by atoms with E-state index in [4.69, 9.17) is 0 Å². The van der Waals surface area contributed by atoms with Gasteiger partial charge in [0.1, 0.15) is 0 Å². The summed E-state index contributed by atoms with van der Waals surface area (Å²) in [5.74, 6) is -0.0944. The summed E-state index contributed by atoms with van der Waals surface area (Å²) in [4.78, 5) is 13.2. The first-order chi connectivity index (χ1) is 14.7. The molecule has 11 heteroatoms. The monoisotopic (exact) mass is 445 g/mol. The second-order valence-corrected chi connectivity index (χ2v) is 11.1. The molecule has 1 saturated heterocycles. The van der Waals surface area contributed by atoms with E-state index in [9.17, 15) is 13.2 Å². The summed E-state index contributed by atoms with van der Waals surface area (Å²) in [6, 6.07) is 1.54. The number of nitrogens with zero attached hydrogens (tertiary/aromatic N) is 5. The number of azo groups is 1. The van der Waals surface area contributed by atoms with E-state index >= 15 is 0 Å². The Morgan fingerprint density at radius 2 is 2.00 bits per heavy atom. The van der Waals surface area contributed by atoms with Gasteiger partial charge in [0.25, 0.3) is 10.0 Å². The second kappa shape index (κ2) is 6.73. The van der Waals surface area contributed by atoms with E-state index in [1.807, 2.05) is 20.8 Å². The molecular formula is C20H27N7O3S. The zero-order valence-corrected chi connectivity index (χ0v) is 18.7. The Balaban J connectivity index is 1.48. The van der Waals surface area contributed by atoms with Crippen LogP contribution in [0.25, 0.3) is 0 Å². The summed E-state index contributed by atoms with van der Waals surface area (Å²) < 4.78 is 29.4. The third-order valence-corrected chi connectivity index (χ3v) is 8.53. The Kier molecular flexibility index (Phi) is 4.43. The lowest BCUT2D eigenvalue weighted by atomic mass is 9.62. The number of aryl methyl sites for hydroxylation is 1. The van der Waals surface area contributed by atoms with Crippen LogP contribution < -0.4 is 10.6 Å². The highest BCUT2D eigenvalue weighted by atomic mass is 32.2. The van der Waals surface area contributed by atoms with Crippen LogP contribution in [-0.2, 0) is 21.4 Å². The highest BCUT2D eigenvalue weighted by molar-refractivity contribution is 7.89. The molecule has 166 valence electrons. The van der Waals surface area contributed by atoms with Crippen molar-refractivity contribution in [1.82, 2.24) is 24.7 Å². The van der Waals surface area contributed by atoms with Crippen molar-refractivity contribution in [2.45, 2.75) is 63.3 Å². The molecule has 5 heterocycles. The normalized spacial score (nSPS) is 26.9. The fourth-order valence-electron chi connectivity index (χ4n) is 5.24. The highest BCUT2D eigenvalue weighted by Crippen LogP contribution is 2.53. The van der Waals surface area contributed by atoms with Gasteiger partial charge in [0.15, 0.2) is 11.2 Å². The van der Waals surface area contributed by atoms with Crippen LogP contribution in [0.3, 0.4) is 0 Å². The molecule has 0 saturated carbocycles. The molecule has 2 N–H and O–H groups in total. The van der Waals surface area contributed by atoms with Gasteiger partial charge in [-0.2, -0.15) is 19.6 Å². The number of rotatable bonds is 3. The lowest BCUT2D eigenvalue weighted by molar-refractivity contribution is -0.121. The first kappa shape index (κ1) is 20.4. The molecule has 1 aromatic heterocycles. The molecule has 1 unspecified atom stereocenters. The maximum absolute atomic E-state index is 13.2. The smallest absolute Gasteiger partial charge is 0.262 e. The Labute approximate surface area is 181 Å². The van der Waals surface area contributed by atoms with Crippen molar-refractivity contribution in [1.29, 1.82) is 0 Å². The summed E-state index contributed by atoms with van der Waals surface area (Å²) in [6.45, 7) is 7.12. The van der Waals surface area contributed by atoms with Crippen molar-refractivity contribution in [3.8, 4) is 0 Å². The van der Waals surface area contributed by atoms with Crippen molar-refractivity contribution in [2.24, 2.45) is 15.6 Å². The van der Waals surface area contributed by atoms with Gasteiger partial charge in [-0.3, -0.25) is 9.48 Å². The number of piperidine rings is 1. The molecule has 0 bridgehead atoms. The van der Waals surface area contributed by atoms with E-state index in [-0.39, 0.29) is 22.6 Å². The van der Waals surface area contributed by atoms with Gasteiger partial charge in [-0.25, -0.2) is 8.42 Å². The molecule has 1 fully saturated rings. The molecule has 4 aliphatic heterocycles. The first-order valence-electron chi connectivity index (χ1n) is 10.6. The van der Waals surface area contributed by atoms with Crippen molar-refractivity contribution < 1.29 is 13.2 Å². The molecule has 0 aromatic carbocycles. The highest BCUT2D eigenvalue weighted by Gasteiger charge is 2.54. The molecule has 0 radical (unpaired) electrons. The molecule has 1 spiro atoms. The van der Waals surface area contributed by atoms with Gasteiger partial charge in [-0.15, -0.1) is 0 Å². The summed E-state index contributed by atoms with van der Waals surface area (Å²) in [6.07, 6.45) is 4.80. The average molecular weight is 446 g/mol. The van der Waals surface area contributed by atoms with Crippen LogP contribution in [0.5, 0.6) is 0 Å². The minimum Gasteiger partial charge on any atom is -0.362 e. The first-order valence-corrected chi connectivity index (χ1v) is 12.1. The lowest BCUT2D eigenvalue weighted by Crippen LogP contribution is -2.59. The van der Waals surface area contributed by atoms with E-state index in [0.717, 1.165) is 11.3 Å². The lowest BCUT2D eigenvalue weighted by Gasteiger charge is -2.50. The fourth-order valence-corrected chi connectivity index (χ4v) is 6.61. The molecule has 0 aliphatic carbocycles. The zero-order chi connectivity index (χ0) is 22.0. The molecule has 1 atom stereocenters. The number of amides is 1. The molecular weight excluding hydrogens is 418 g/mol. The molecule has 4 aliphatic rings. The Hall–Kier alpha value is -2.53. The fraction of sp³-hybridized carbons (Fsp3) is 0.600. The number of hydrogen-bond donors (Lipinski definition) is 2. The van der Waals surface area contributed by atoms with Gasteiger partial charge >= 0.3 is 0 Å². The summed E-state index contributed by atoms with van der Waals surface area (Å²) in [5, 5.41) is 19.2. The predicted molar refractivity (Wildman–Crippen MR) is 112 cm³/mol. The van der Waals surface area contributed by atoms with Gasteiger partial charge in [-0.1, -0.05) is 0 Å². The standard InChI is InChI=1S/C20H27N7O3S/c1-4-26-8-5-15(25-26)31(29,30)27-9-6-20(7-10-27)13-12-21-24-17(13)22-14-11-19(2,3)23-18(28)16(14)20/h5,8,12,17,22H,4,6-7,9-11H2,1-3H3,(H,23,28). The molecule has 5 rings (SSSR count). The van der Waals surface area contributed by atoms with Gasteiger partial charge in [0.2, 0.25) is 5.91 Å². The van der Waals surface area contributed by atoms with E-state index in [0.29, 0.717) is 44.5 Å². The molecule has 31 heavy (non-hydrogen) atoms. The molecule has 1 aromatic rings. The summed E-state index contributed by atoms with van der Waals surface area (Å²) in [7, 11) is -3.69. The topological polar surface area (TPSA) is 121 Å². The third kappa shape index (κ3) is 3.05. The van der Waals surface area contributed by atoms with E-state index in [2.05, 4.69) is 26.0 Å². The van der Waals surface area contributed by atoms with Gasteiger partial charge in [0, 0.05) is 60.0 Å². The van der Waals surface area contributed by atoms with Gasteiger partial charge < -0.3 is 10.6 Å². The Bertz CT molecular complexity index is 1140. The van der Waals surface area contributed by atoms with E-state index < -0.39 is 15.4 Å². The average Bonchev–Trinajstić information content (AvgIpc) is 3.37. The minimum absolute atomic E-state index is 0.0654. The summed E-state index contributed by atoms with van der Waals surface area (Å²) >= 11 is 0.